The maximum absolute atomic E-state index is 12.2. The van der Waals surface area contributed by atoms with Crippen molar-refractivity contribution in [2.24, 2.45) is 5.92 Å². The van der Waals surface area contributed by atoms with Crippen LogP contribution in [0.4, 0.5) is 11.6 Å². The number of amides is 1. The van der Waals surface area contributed by atoms with Crippen LogP contribution in [0.2, 0.25) is 0 Å². The molecule has 1 fully saturated rings. The topological polar surface area (TPSA) is 80.2 Å². The molecule has 1 atom stereocenters. The fourth-order valence-electron chi connectivity index (χ4n) is 3.42. The van der Waals surface area contributed by atoms with Crippen LogP contribution in [0.15, 0.2) is 30.6 Å². The first-order valence-corrected chi connectivity index (χ1v) is 9.42. The summed E-state index contributed by atoms with van der Waals surface area (Å²) in [4.78, 5) is 27.4. The van der Waals surface area contributed by atoms with Gasteiger partial charge in [-0.1, -0.05) is 6.07 Å². The lowest BCUT2D eigenvalue weighted by Gasteiger charge is -2.32. The molecule has 1 aliphatic heterocycles. The molecule has 0 bridgehead atoms. The molecule has 7 nitrogen and oxygen atoms in total. The summed E-state index contributed by atoms with van der Waals surface area (Å²) < 4.78 is 5.02. The van der Waals surface area contributed by atoms with E-state index in [9.17, 15) is 4.79 Å². The molecule has 0 aromatic carbocycles. The number of hydrogen-bond donors (Lipinski definition) is 1. The summed E-state index contributed by atoms with van der Waals surface area (Å²) in [7, 11) is 1.62. The fourth-order valence-corrected chi connectivity index (χ4v) is 3.42. The van der Waals surface area contributed by atoms with Gasteiger partial charge >= 0.3 is 0 Å². The number of aromatic nitrogens is 3. The molecule has 7 heteroatoms. The Hall–Kier alpha value is -2.54. The van der Waals surface area contributed by atoms with E-state index in [1.807, 2.05) is 36.1 Å². The summed E-state index contributed by atoms with van der Waals surface area (Å²) in [5.41, 5.74) is 1.94. The first kappa shape index (κ1) is 19.2. The Morgan fingerprint density at radius 3 is 3.04 bits per heavy atom. The zero-order valence-corrected chi connectivity index (χ0v) is 16.0. The Morgan fingerprint density at radius 2 is 2.22 bits per heavy atom. The highest BCUT2D eigenvalue weighted by molar-refractivity contribution is 5.76. The highest BCUT2D eigenvalue weighted by Gasteiger charge is 2.24. The van der Waals surface area contributed by atoms with Crippen LogP contribution >= 0.6 is 0 Å². The van der Waals surface area contributed by atoms with Crippen LogP contribution in [0.5, 0.6) is 0 Å². The second kappa shape index (κ2) is 9.41. The number of nitrogens with one attached hydrogen (secondary N) is 1. The van der Waals surface area contributed by atoms with Crippen molar-refractivity contribution in [2.75, 3.05) is 32.1 Å². The Balaban J connectivity index is 1.59. The molecule has 1 aliphatic rings. The maximum Gasteiger partial charge on any atom is 0.224 e. The van der Waals surface area contributed by atoms with Gasteiger partial charge in [-0.25, -0.2) is 15.0 Å². The van der Waals surface area contributed by atoms with Crippen molar-refractivity contribution in [2.45, 2.75) is 32.6 Å². The van der Waals surface area contributed by atoms with Crippen LogP contribution < -0.4 is 5.32 Å². The van der Waals surface area contributed by atoms with E-state index in [1.165, 1.54) is 0 Å². The minimum absolute atomic E-state index is 0.178. The molecule has 0 aliphatic carbocycles. The molecule has 27 heavy (non-hydrogen) atoms. The normalized spacial score (nSPS) is 17.0. The van der Waals surface area contributed by atoms with Crippen LogP contribution in [0.1, 0.15) is 30.7 Å². The van der Waals surface area contributed by atoms with Gasteiger partial charge in [0, 0.05) is 37.7 Å². The summed E-state index contributed by atoms with van der Waals surface area (Å²) in [6.07, 6.45) is 5.02. The number of anilines is 2. The number of carbonyl (C=O) groups is 1. The third-order valence-corrected chi connectivity index (χ3v) is 4.76. The Kier molecular flexibility index (Phi) is 6.70. The Bertz CT molecular complexity index is 768. The highest BCUT2D eigenvalue weighted by Crippen LogP contribution is 2.22. The average molecular weight is 369 g/mol. The molecule has 2 aromatic rings. The molecule has 3 heterocycles. The molecular formula is C20H27N5O2. The standard InChI is InChI=1S/C20H27N5O2/c1-15-5-3-7-18(23-15)24-19-12-17(21-14-22-19)11-16-6-4-9-25(13-16)20(26)8-10-27-2/h3,5,7,12,14,16H,4,6,8-11,13H2,1-2H3,(H,21,22,23,24)/t16-/m0/s1. The van der Waals surface area contributed by atoms with E-state index in [4.69, 9.17) is 4.74 Å². The van der Waals surface area contributed by atoms with E-state index in [1.54, 1.807) is 13.4 Å². The molecular weight excluding hydrogens is 342 g/mol. The third kappa shape index (κ3) is 5.72. The number of aryl methyl sites for hydroxylation is 1. The van der Waals surface area contributed by atoms with Crippen LogP contribution in [-0.2, 0) is 16.0 Å². The number of piperidine rings is 1. The summed E-state index contributed by atoms with van der Waals surface area (Å²) in [6, 6.07) is 7.80. The molecule has 144 valence electrons. The molecule has 2 aromatic heterocycles. The number of carbonyl (C=O) groups excluding carboxylic acids is 1. The van der Waals surface area contributed by atoms with Crippen molar-refractivity contribution < 1.29 is 9.53 Å². The molecule has 0 saturated carbocycles. The van der Waals surface area contributed by atoms with Crippen molar-refractivity contribution in [1.29, 1.82) is 0 Å². The van der Waals surface area contributed by atoms with Crippen LogP contribution in [-0.4, -0.2) is 52.6 Å². The predicted molar refractivity (Wildman–Crippen MR) is 104 cm³/mol. The number of likely N-dealkylation sites (tertiary alicyclic amines) is 1. The van der Waals surface area contributed by atoms with E-state index in [2.05, 4.69) is 20.3 Å². The zero-order valence-electron chi connectivity index (χ0n) is 16.0. The van der Waals surface area contributed by atoms with Crippen molar-refractivity contribution >= 4 is 17.5 Å². The van der Waals surface area contributed by atoms with Gasteiger partial charge in [-0.3, -0.25) is 4.79 Å². The molecule has 1 saturated heterocycles. The lowest BCUT2D eigenvalue weighted by atomic mass is 9.93. The van der Waals surface area contributed by atoms with Crippen molar-refractivity contribution in [3.8, 4) is 0 Å². The fraction of sp³-hybridized carbons (Fsp3) is 0.500. The van der Waals surface area contributed by atoms with E-state index in [0.717, 1.165) is 55.4 Å². The molecule has 3 rings (SSSR count). The predicted octanol–water partition coefficient (Wildman–Crippen LogP) is 2.74. The van der Waals surface area contributed by atoms with Crippen LogP contribution in [0.25, 0.3) is 0 Å². The SMILES string of the molecule is COCCC(=O)N1CCC[C@@H](Cc2cc(Nc3cccc(C)n3)ncn2)C1. The average Bonchev–Trinajstić information content (AvgIpc) is 2.66. The number of nitrogens with zero attached hydrogens (tertiary/aromatic N) is 4. The smallest absolute Gasteiger partial charge is 0.224 e. The van der Waals surface area contributed by atoms with Gasteiger partial charge in [-0.15, -0.1) is 0 Å². The van der Waals surface area contributed by atoms with Crippen molar-refractivity contribution in [3.05, 3.63) is 42.0 Å². The Labute approximate surface area is 160 Å². The number of rotatable bonds is 7. The van der Waals surface area contributed by atoms with Gasteiger partial charge in [0.15, 0.2) is 0 Å². The van der Waals surface area contributed by atoms with Gasteiger partial charge in [0.2, 0.25) is 5.91 Å². The second-order valence-electron chi connectivity index (χ2n) is 6.98. The minimum atomic E-state index is 0.178. The number of hydrogen-bond acceptors (Lipinski definition) is 6. The van der Waals surface area contributed by atoms with E-state index >= 15 is 0 Å². The quantitative estimate of drug-likeness (QED) is 0.808. The zero-order chi connectivity index (χ0) is 19.1. The van der Waals surface area contributed by atoms with Gasteiger partial charge in [0.05, 0.1) is 13.0 Å². The van der Waals surface area contributed by atoms with Crippen LogP contribution in [0, 0.1) is 12.8 Å². The van der Waals surface area contributed by atoms with Crippen molar-refractivity contribution in [1.82, 2.24) is 19.9 Å². The van der Waals surface area contributed by atoms with Gasteiger partial charge in [-0.2, -0.15) is 0 Å². The number of methoxy groups -OCH3 is 1. The highest BCUT2D eigenvalue weighted by atomic mass is 16.5. The number of ether oxygens (including phenoxy) is 1. The molecule has 0 radical (unpaired) electrons. The summed E-state index contributed by atoms with van der Waals surface area (Å²) in [5.74, 6) is 2.11. The monoisotopic (exact) mass is 369 g/mol. The maximum atomic E-state index is 12.2. The van der Waals surface area contributed by atoms with Gasteiger partial charge in [-0.05, 0) is 44.2 Å². The minimum Gasteiger partial charge on any atom is -0.384 e. The largest absolute Gasteiger partial charge is 0.384 e. The molecule has 0 spiro atoms. The molecule has 1 N–H and O–H groups in total. The number of pyridine rings is 1. The lowest BCUT2D eigenvalue weighted by Crippen LogP contribution is -2.40. The van der Waals surface area contributed by atoms with E-state index < -0.39 is 0 Å². The summed E-state index contributed by atoms with van der Waals surface area (Å²) in [5, 5.41) is 3.23. The van der Waals surface area contributed by atoms with Crippen LogP contribution in [0.3, 0.4) is 0 Å². The second-order valence-corrected chi connectivity index (χ2v) is 6.98. The van der Waals surface area contributed by atoms with Gasteiger partial charge < -0.3 is 15.0 Å². The lowest BCUT2D eigenvalue weighted by molar-refractivity contribution is -0.133. The Morgan fingerprint density at radius 1 is 1.33 bits per heavy atom. The van der Waals surface area contributed by atoms with Crippen molar-refractivity contribution in [3.63, 3.8) is 0 Å². The van der Waals surface area contributed by atoms with E-state index in [0.29, 0.717) is 18.9 Å². The molecule has 1 amide bonds. The van der Waals surface area contributed by atoms with E-state index in [-0.39, 0.29) is 5.91 Å². The van der Waals surface area contributed by atoms with Gasteiger partial charge in [0.25, 0.3) is 0 Å². The first-order valence-electron chi connectivity index (χ1n) is 9.42. The summed E-state index contributed by atoms with van der Waals surface area (Å²) >= 11 is 0. The third-order valence-electron chi connectivity index (χ3n) is 4.76. The van der Waals surface area contributed by atoms with Gasteiger partial charge in [0.1, 0.15) is 18.0 Å². The molecule has 0 unspecified atom stereocenters. The first-order chi connectivity index (χ1) is 13.1. The summed E-state index contributed by atoms with van der Waals surface area (Å²) in [6.45, 7) is 4.07.